The molecule has 0 amide bonds. The van der Waals surface area contributed by atoms with E-state index in [1.807, 2.05) is 0 Å². The topological polar surface area (TPSA) is 89.9 Å². The predicted octanol–water partition coefficient (Wildman–Crippen LogP) is 1.86. The molecule has 0 aliphatic rings. The number of sulfone groups is 1. The molecule has 1 aromatic carbocycles. The number of hydrogen-bond acceptors (Lipinski definition) is 5. The number of hydrogen-bond donors (Lipinski definition) is 1. The van der Waals surface area contributed by atoms with Crippen molar-refractivity contribution >= 4 is 15.8 Å². The molecule has 1 aromatic rings. The van der Waals surface area contributed by atoms with Crippen molar-refractivity contribution in [3.63, 3.8) is 0 Å². The third-order valence-corrected chi connectivity index (χ3v) is 4.33. The quantitative estimate of drug-likeness (QED) is 0.861. The number of carboxylic acid groups (broad SMARTS) is 1. The molecule has 0 aliphatic carbocycles. The molecule has 0 spiro atoms. The van der Waals surface area contributed by atoms with Gasteiger partial charge in [-0.25, -0.2) is 8.42 Å². The van der Waals surface area contributed by atoms with Gasteiger partial charge in [-0.1, -0.05) is 13.8 Å². The smallest absolute Gasteiger partial charge is 0.304 e. The minimum absolute atomic E-state index is 0.0109. The van der Waals surface area contributed by atoms with Crippen LogP contribution in [0.15, 0.2) is 17.0 Å². The van der Waals surface area contributed by atoms with Crippen LogP contribution >= 0.6 is 0 Å². The molecule has 118 valence electrons. The summed E-state index contributed by atoms with van der Waals surface area (Å²) in [5.41, 5.74) is -0.155. The van der Waals surface area contributed by atoms with E-state index >= 15 is 0 Å². The van der Waals surface area contributed by atoms with Crippen LogP contribution in [0.3, 0.4) is 0 Å². The van der Waals surface area contributed by atoms with Crippen molar-refractivity contribution in [2.24, 2.45) is 0 Å². The monoisotopic (exact) mass is 316 g/mol. The summed E-state index contributed by atoms with van der Waals surface area (Å²) in [7, 11) is -0.708. The molecule has 0 atom stereocenters. The normalized spacial score (nSPS) is 12.0. The molecular formula is C14H20O6S. The van der Waals surface area contributed by atoms with Gasteiger partial charge in [-0.05, 0) is 6.07 Å². The molecule has 0 saturated heterocycles. The predicted molar refractivity (Wildman–Crippen MR) is 77.9 cm³/mol. The van der Waals surface area contributed by atoms with Crippen molar-refractivity contribution in [2.75, 3.05) is 20.5 Å². The van der Waals surface area contributed by atoms with Crippen molar-refractivity contribution in [1.29, 1.82) is 0 Å². The summed E-state index contributed by atoms with van der Waals surface area (Å²) < 4.78 is 33.9. The van der Waals surface area contributed by atoms with E-state index in [1.54, 1.807) is 13.8 Å². The summed E-state index contributed by atoms with van der Waals surface area (Å²) >= 11 is 0. The van der Waals surface area contributed by atoms with Crippen LogP contribution in [0, 0.1) is 0 Å². The molecule has 0 aliphatic heterocycles. The first kappa shape index (κ1) is 17.3. The fraction of sp³-hybridized carbons (Fsp3) is 0.500. The van der Waals surface area contributed by atoms with E-state index in [4.69, 9.17) is 14.6 Å². The molecule has 0 unspecified atom stereocenters. The maximum Gasteiger partial charge on any atom is 0.304 e. The molecule has 0 fully saturated rings. The zero-order chi connectivity index (χ0) is 16.4. The second-order valence-electron chi connectivity index (χ2n) is 5.43. The van der Waals surface area contributed by atoms with Crippen LogP contribution in [0.2, 0.25) is 0 Å². The highest BCUT2D eigenvalue weighted by Crippen LogP contribution is 2.40. The Morgan fingerprint density at radius 2 is 1.71 bits per heavy atom. The Kier molecular flexibility index (Phi) is 4.88. The second-order valence-corrected chi connectivity index (χ2v) is 7.41. The van der Waals surface area contributed by atoms with Gasteiger partial charge in [0.05, 0.1) is 20.6 Å². The molecule has 0 radical (unpaired) electrons. The van der Waals surface area contributed by atoms with Crippen LogP contribution in [0.25, 0.3) is 0 Å². The number of carboxylic acids is 1. The fourth-order valence-corrected chi connectivity index (χ4v) is 2.99. The molecule has 1 rings (SSSR count). The van der Waals surface area contributed by atoms with E-state index < -0.39 is 21.2 Å². The van der Waals surface area contributed by atoms with Gasteiger partial charge in [0.1, 0.15) is 16.4 Å². The zero-order valence-electron chi connectivity index (χ0n) is 12.8. The molecule has 1 N–H and O–H groups in total. The van der Waals surface area contributed by atoms with Gasteiger partial charge < -0.3 is 14.6 Å². The highest BCUT2D eigenvalue weighted by molar-refractivity contribution is 7.90. The van der Waals surface area contributed by atoms with Crippen LogP contribution in [-0.4, -0.2) is 40.0 Å². The lowest BCUT2D eigenvalue weighted by Crippen LogP contribution is -2.23. The van der Waals surface area contributed by atoms with Gasteiger partial charge in [-0.3, -0.25) is 4.79 Å². The number of carbonyl (C=O) groups is 1. The Balaban J connectivity index is 3.58. The summed E-state index contributed by atoms with van der Waals surface area (Å²) in [6, 6.07) is 2.89. The van der Waals surface area contributed by atoms with Crippen molar-refractivity contribution < 1.29 is 27.8 Å². The Bertz CT molecular complexity index is 646. The molecule has 0 saturated carbocycles. The average Bonchev–Trinajstić information content (AvgIpc) is 2.34. The first-order valence-electron chi connectivity index (χ1n) is 6.21. The van der Waals surface area contributed by atoms with Crippen LogP contribution in [0.1, 0.15) is 25.8 Å². The third kappa shape index (κ3) is 3.87. The van der Waals surface area contributed by atoms with Gasteiger partial charge in [-0.15, -0.1) is 0 Å². The summed E-state index contributed by atoms with van der Waals surface area (Å²) in [5, 5.41) is 9.02. The van der Waals surface area contributed by atoms with Gasteiger partial charge in [0.25, 0.3) is 0 Å². The summed E-state index contributed by atoms with van der Waals surface area (Å²) in [6.07, 6.45) is 0.955. The fourth-order valence-electron chi connectivity index (χ4n) is 2.16. The Morgan fingerprint density at radius 3 is 2.10 bits per heavy atom. The zero-order valence-corrected chi connectivity index (χ0v) is 13.6. The van der Waals surface area contributed by atoms with Crippen LogP contribution in [0.5, 0.6) is 11.5 Å². The van der Waals surface area contributed by atoms with Gasteiger partial charge in [0.2, 0.25) is 0 Å². The molecule has 21 heavy (non-hydrogen) atoms. The van der Waals surface area contributed by atoms with Crippen LogP contribution < -0.4 is 9.47 Å². The number of methoxy groups -OCH3 is 2. The van der Waals surface area contributed by atoms with Gasteiger partial charge in [0.15, 0.2) is 9.84 Å². The molecular weight excluding hydrogens is 296 g/mol. The standard InChI is InChI=1S/C14H20O6S/c1-14(2,8-13(15)16)9-6-11(20-4)12(21(5,17)18)7-10(9)19-3/h6-7H,8H2,1-5H3,(H,15,16). The second kappa shape index (κ2) is 5.93. The molecule has 0 aromatic heterocycles. The van der Waals surface area contributed by atoms with E-state index in [-0.39, 0.29) is 17.1 Å². The number of ether oxygens (including phenoxy) is 2. The average molecular weight is 316 g/mol. The SMILES string of the molecule is COc1cc(S(C)(=O)=O)c(OC)cc1C(C)(C)CC(=O)O. The lowest BCUT2D eigenvalue weighted by molar-refractivity contribution is -0.138. The highest BCUT2D eigenvalue weighted by Gasteiger charge is 2.30. The summed E-state index contributed by atoms with van der Waals surface area (Å²) in [6.45, 7) is 3.50. The van der Waals surface area contributed by atoms with E-state index in [9.17, 15) is 13.2 Å². The van der Waals surface area contributed by atoms with Crippen molar-refractivity contribution in [1.82, 2.24) is 0 Å². The molecule has 7 heteroatoms. The molecule has 0 bridgehead atoms. The van der Waals surface area contributed by atoms with Gasteiger partial charge in [0, 0.05) is 23.3 Å². The first-order valence-corrected chi connectivity index (χ1v) is 8.10. The highest BCUT2D eigenvalue weighted by atomic mass is 32.2. The Morgan fingerprint density at radius 1 is 1.19 bits per heavy atom. The van der Waals surface area contributed by atoms with Crippen LogP contribution in [0.4, 0.5) is 0 Å². The minimum Gasteiger partial charge on any atom is -0.496 e. The largest absolute Gasteiger partial charge is 0.496 e. The maximum atomic E-state index is 11.8. The number of benzene rings is 1. The molecule has 0 heterocycles. The number of aliphatic carboxylic acids is 1. The first-order chi connectivity index (χ1) is 9.52. The molecule has 6 nitrogen and oxygen atoms in total. The van der Waals surface area contributed by atoms with E-state index in [0.717, 1.165) is 6.26 Å². The van der Waals surface area contributed by atoms with Crippen molar-refractivity contribution in [2.45, 2.75) is 30.6 Å². The van der Waals surface area contributed by atoms with E-state index in [2.05, 4.69) is 0 Å². The lowest BCUT2D eigenvalue weighted by atomic mass is 9.81. The Labute approximate surface area is 124 Å². The summed E-state index contributed by atoms with van der Waals surface area (Å²) in [4.78, 5) is 11.0. The van der Waals surface area contributed by atoms with Gasteiger partial charge >= 0.3 is 5.97 Å². The minimum atomic E-state index is -3.48. The Hall–Kier alpha value is -1.76. The maximum absolute atomic E-state index is 11.8. The van der Waals surface area contributed by atoms with Crippen LogP contribution in [-0.2, 0) is 20.0 Å². The van der Waals surface area contributed by atoms with Gasteiger partial charge in [-0.2, -0.15) is 0 Å². The summed E-state index contributed by atoms with van der Waals surface area (Å²) in [5.74, 6) is -0.456. The lowest BCUT2D eigenvalue weighted by Gasteiger charge is -2.26. The van der Waals surface area contributed by atoms with E-state index in [0.29, 0.717) is 11.3 Å². The van der Waals surface area contributed by atoms with Crippen molar-refractivity contribution in [3.8, 4) is 11.5 Å². The van der Waals surface area contributed by atoms with Crippen molar-refractivity contribution in [3.05, 3.63) is 17.7 Å². The number of rotatable bonds is 6. The third-order valence-electron chi connectivity index (χ3n) is 3.21. The van der Waals surface area contributed by atoms with E-state index in [1.165, 1.54) is 26.4 Å².